The number of ether oxygens (including phenoxy) is 1. The fourth-order valence-corrected chi connectivity index (χ4v) is 4.86. The van der Waals surface area contributed by atoms with E-state index in [1.54, 1.807) is 29.3 Å². The van der Waals surface area contributed by atoms with Gasteiger partial charge in [-0.3, -0.25) is 9.59 Å². The van der Waals surface area contributed by atoms with E-state index >= 15 is 0 Å². The molecule has 5 heterocycles. The summed E-state index contributed by atoms with van der Waals surface area (Å²) in [7, 11) is 0. The van der Waals surface area contributed by atoms with Gasteiger partial charge in [0.25, 0.3) is 0 Å². The summed E-state index contributed by atoms with van der Waals surface area (Å²) in [6.45, 7) is 0.752. The molecule has 0 radical (unpaired) electrons. The number of nitrogens with one attached hydrogen (secondary N) is 1. The van der Waals surface area contributed by atoms with Crippen LogP contribution < -0.4 is 19.9 Å². The standard InChI is InChI=1S/C25H21F2N5O3/c26-18-8-15(9-19(27)24(18)31-7-1-2-22(31)33)14-3-5-21(28-11-14)30-16-10-20-25(29-12-16)35-13-17-4-6-23(34)32(17)20/h3,5,8-12,17H,1-2,4,6-7,13H2,(H,28,30)/t17-/m0/s1. The van der Waals surface area contributed by atoms with Gasteiger partial charge in [-0.2, -0.15) is 0 Å². The van der Waals surface area contributed by atoms with Crippen molar-refractivity contribution in [1.82, 2.24) is 9.97 Å². The number of anilines is 4. The van der Waals surface area contributed by atoms with E-state index in [9.17, 15) is 18.4 Å². The van der Waals surface area contributed by atoms with Crippen molar-refractivity contribution in [3.8, 4) is 17.0 Å². The second kappa shape index (κ2) is 8.30. The third-order valence-corrected chi connectivity index (χ3v) is 6.56. The van der Waals surface area contributed by atoms with E-state index in [1.807, 2.05) is 0 Å². The van der Waals surface area contributed by atoms with Crippen LogP contribution in [0.4, 0.5) is 31.7 Å². The molecular weight excluding hydrogens is 456 g/mol. The molecule has 2 aromatic heterocycles. The lowest BCUT2D eigenvalue weighted by atomic mass is 10.1. The van der Waals surface area contributed by atoms with E-state index in [4.69, 9.17) is 4.74 Å². The van der Waals surface area contributed by atoms with Crippen molar-refractivity contribution < 1.29 is 23.1 Å². The van der Waals surface area contributed by atoms with E-state index in [0.29, 0.717) is 66.6 Å². The largest absolute Gasteiger partial charge is 0.474 e. The van der Waals surface area contributed by atoms with Crippen LogP contribution in [0.15, 0.2) is 42.7 Å². The van der Waals surface area contributed by atoms with Gasteiger partial charge in [-0.25, -0.2) is 18.7 Å². The molecule has 0 aliphatic carbocycles. The molecular formula is C25H21F2N5O3. The zero-order chi connectivity index (χ0) is 24.1. The predicted octanol–water partition coefficient (Wildman–Crippen LogP) is 4.18. The third-order valence-electron chi connectivity index (χ3n) is 6.56. The fourth-order valence-electron chi connectivity index (χ4n) is 4.86. The maximum Gasteiger partial charge on any atom is 0.238 e. The zero-order valence-electron chi connectivity index (χ0n) is 18.6. The van der Waals surface area contributed by atoms with Crippen molar-refractivity contribution in [3.05, 3.63) is 54.4 Å². The first kappa shape index (κ1) is 21.5. The first-order valence-electron chi connectivity index (χ1n) is 11.5. The predicted molar refractivity (Wildman–Crippen MR) is 125 cm³/mol. The quantitative estimate of drug-likeness (QED) is 0.607. The highest BCUT2D eigenvalue weighted by Crippen LogP contribution is 2.39. The van der Waals surface area contributed by atoms with Crippen LogP contribution in [0.1, 0.15) is 25.7 Å². The molecule has 10 heteroatoms. The highest BCUT2D eigenvalue weighted by atomic mass is 19.1. The van der Waals surface area contributed by atoms with Crippen LogP contribution >= 0.6 is 0 Å². The van der Waals surface area contributed by atoms with Gasteiger partial charge in [0, 0.05) is 31.1 Å². The SMILES string of the molecule is O=C1CCCN1c1c(F)cc(-c2ccc(Nc3cnc4c(c3)N3C(=O)CC[C@H]3CO4)nc2)cc1F. The Kier molecular flexibility index (Phi) is 5.09. The molecule has 1 N–H and O–H groups in total. The van der Waals surface area contributed by atoms with Crippen molar-refractivity contribution in [1.29, 1.82) is 0 Å². The van der Waals surface area contributed by atoms with Crippen LogP contribution in [-0.4, -0.2) is 41.0 Å². The summed E-state index contributed by atoms with van der Waals surface area (Å²) in [5.41, 5.74) is 1.80. The molecule has 1 atom stereocenters. The summed E-state index contributed by atoms with van der Waals surface area (Å²) in [5, 5.41) is 3.14. The van der Waals surface area contributed by atoms with E-state index in [-0.39, 0.29) is 23.5 Å². The van der Waals surface area contributed by atoms with Gasteiger partial charge in [0.1, 0.15) is 23.8 Å². The number of aromatic nitrogens is 2. The number of rotatable bonds is 4. The Morgan fingerprint density at radius 2 is 1.80 bits per heavy atom. The highest BCUT2D eigenvalue weighted by Gasteiger charge is 2.38. The Labute approximate surface area is 199 Å². The van der Waals surface area contributed by atoms with Gasteiger partial charge in [0.05, 0.1) is 17.9 Å². The summed E-state index contributed by atoms with van der Waals surface area (Å²) in [6, 6.07) is 7.63. The normalized spacial score (nSPS) is 19.0. The second-order valence-electron chi connectivity index (χ2n) is 8.81. The molecule has 2 saturated heterocycles. The van der Waals surface area contributed by atoms with E-state index in [2.05, 4.69) is 15.3 Å². The molecule has 0 saturated carbocycles. The summed E-state index contributed by atoms with van der Waals surface area (Å²) in [6.07, 6.45) is 5.23. The lowest BCUT2D eigenvalue weighted by molar-refractivity contribution is -0.118. The second-order valence-corrected chi connectivity index (χ2v) is 8.81. The third kappa shape index (κ3) is 3.74. The first-order chi connectivity index (χ1) is 17.0. The van der Waals surface area contributed by atoms with Crippen LogP contribution in [0.3, 0.4) is 0 Å². The molecule has 3 aliphatic rings. The minimum Gasteiger partial charge on any atom is -0.474 e. The average Bonchev–Trinajstić information content (AvgIpc) is 3.44. The number of carbonyl (C=O) groups excluding carboxylic acids is 2. The molecule has 1 aromatic carbocycles. The van der Waals surface area contributed by atoms with Crippen molar-refractivity contribution in [2.75, 3.05) is 28.3 Å². The van der Waals surface area contributed by atoms with Crippen molar-refractivity contribution in [2.24, 2.45) is 0 Å². The number of carbonyl (C=O) groups is 2. The van der Waals surface area contributed by atoms with Gasteiger partial charge >= 0.3 is 0 Å². The lowest BCUT2D eigenvalue weighted by Crippen LogP contribution is -2.40. The number of pyridine rings is 2. The van der Waals surface area contributed by atoms with E-state index in [1.165, 1.54) is 18.3 Å². The maximum absolute atomic E-state index is 14.7. The fraction of sp³-hybridized carbons (Fsp3) is 0.280. The molecule has 35 heavy (non-hydrogen) atoms. The molecule has 2 fully saturated rings. The molecule has 3 aliphatic heterocycles. The zero-order valence-corrected chi connectivity index (χ0v) is 18.6. The molecule has 6 rings (SSSR count). The lowest BCUT2D eigenvalue weighted by Gasteiger charge is -2.31. The number of hydrogen-bond donors (Lipinski definition) is 1. The Hall–Kier alpha value is -4.08. The Morgan fingerprint density at radius 1 is 0.971 bits per heavy atom. The van der Waals surface area contributed by atoms with Gasteiger partial charge in [-0.05, 0) is 48.7 Å². The maximum atomic E-state index is 14.7. The molecule has 0 bridgehead atoms. The summed E-state index contributed by atoms with van der Waals surface area (Å²) in [5.74, 6) is -0.865. The van der Waals surface area contributed by atoms with E-state index < -0.39 is 11.6 Å². The molecule has 8 nitrogen and oxygen atoms in total. The molecule has 0 unspecified atom stereocenters. The Morgan fingerprint density at radius 3 is 2.51 bits per heavy atom. The van der Waals surface area contributed by atoms with Gasteiger partial charge in [0.2, 0.25) is 17.7 Å². The summed E-state index contributed by atoms with van der Waals surface area (Å²) in [4.78, 5) is 35.8. The number of halogens is 2. The summed E-state index contributed by atoms with van der Waals surface area (Å²) < 4.78 is 35.2. The monoisotopic (exact) mass is 477 g/mol. The smallest absolute Gasteiger partial charge is 0.238 e. The summed E-state index contributed by atoms with van der Waals surface area (Å²) >= 11 is 0. The molecule has 178 valence electrons. The van der Waals surface area contributed by atoms with Gasteiger partial charge < -0.3 is 19.9 Å². The van der Waals surface area contributed by atoms with Gasteiger partial charge in [-0.15, -0.1) is 0 Å². The average molecular weight is 477 g/mol. The number of benzene rings is 1. The van der Waals surface area contributed by atoms with Crippen LogP contribution in [0.5, 0.6) is 5.88 Å². The van der Waals surface area contributed by atoms with Crippen molar-refractivity contribution >= 4 is 34.7 Å². The van der Waals surface area contributed by atoms with Crippen LogP contribution in [0.2, 0.25) is 0 Å². The number of nitrogens with zero attached hydrogens (tertiary/aromatic N) is 4. The number of amides is 2. The Balaban J connectivity index is 1.22. The minimum atomic E-state index is -0.783. The van der Waals surface area contributed by atoms with Crippen molar-refractivity contribution in [3.63, 3.8) is 0 Å². The molecule has 3 aromatic rings. The number of fused-ring (bicyclic) bond motifs is 3. The van der Waals surface area contributed by atoms with Gasteiger partial charge in [0.15, 0.2) is 11.6 Å². The molecule has 2 amide bonds. The van der Waals surface area contributed by atoms with Gasteiger partial charge in [-0.1, -0.05) is 0 Å². The van der Waals surface area contributed by atoms with Crippen molar-refractivity contribution in [2.45, 2.75) is 31.7 Å². The molecule has 0 spiro atoms. The minimum absolute atomic E-state index is 0.0280. The number of hydrogen-bond acceptors (Lipinski definition) is 6. The van der Waals surface area contributed by atoms with Crippen LogP contribution in [0.25, 0.3) is 11.1 Å². The topological polar surface area (TPSA) is 87.7 Å². The first-order valence-corrected chi connectivity index (χ1v) is 11.5. The highest BCUT2D eigenvalue weighted by molar-refractivity contribution is 5.98. The van der Waals surface area contributed by atoms with Crippen LogP contribution in [0, 0.1) is 11.6 Å². The Bertz CT molecular complexity index is 1320. The van der Waals surface area contributed by atoms with Crippen LogP contribution in [-0.2, 0) is 9.59 Å². The van der Waals surface area contributed by atoms with E-state index in [0.717, 1.165) is 11.3 Å².